The number of hydrogen-bond donors (Lipinski definition) is 0. The van der Waals surface area contributed by atoms with Gasteiger partial charge in [-0.1, -0.05) is 24.2 Å². The largest absolute Gasteiger partial charge is 0.222 e. The Morgan fingerprint density at radius 2 is 2.21 bits per heavy atom. The maximum atomic E-state index is 4.60. The Balaban J connectivity index is 2.01. The SMILES string of the molecule is Brc1nn2cc(C3CCCC3)nc2s1. The molecule has 0 amide bonds. The monoisotopic (exact) mass is 271 g/mol. The van der Waals surface area contributed by atoms with Gasteiger partial charge in [0.05, 0.1) is 11.9 Å². The Morgan fingerprint density at radius 3 is 2.93 bits per heavy atom. The summed E-state index contributed by atoms with van der Waals surface area (Å²) in [4.78, 5) is 5.60. The molecule has 1 aliphatic carbocycles. The number of halogens is 1. The topological polar surface area (TPSA) is 30.2 Å². The minimum absolute atomic E-state index is 0.683. The van der Waals surface area contributed by atoms with Crippen molar-refractivity contribution in [3.63, 3.8) is 0 Å². The first kappa shape index (κ1) is 8.85. The second kappa shape index (κ2) is 3.31. The van der Waals surface area contributed by atoms with Gasteiger partial charge in [-0.15, -0.1) is 5.10 Å². The number of rotatable bonds is 1. The van der Waals surface area contributed by atoms with Crippen molar-refractivity contribution in [2.45, 2.75) is 31.6 Å². The van der Waals surface area contributed by atoms with Gasteiger partial charge < -0.3 is 0 Å². The van der Waals surface area contributed by atoms with E-state index < -0.39 is 0 Å². The van der Waals surface area contributed by atoms with Crippen LogP contribution in [0.5, 0.6) is 0 Å². The van der Waals surface area contributed by atoms with Crippen molar-refractivity contribution in [1.29, 1.82) is 0 Å². The van der Waals surface area contributed by atoms with Crippen LogP contribution in [0.15, 0.2) is 10.1 Å². The van der Waals surface area contributed by atoms with Crippen molar-refractivity contribution in [2.24, 2.45) is 0 Å². The van der Waals surface area contributed by atoms with Gasteiger partial charge in [-0.25, -0.2) is 9.50 Å². The fraction of sp³-hybridized carbons (Fsp3) is 0.556. The molecule has 0 bridgehead atoms. The van der Waals surface area contributed by atoms with Crippen LogP contribution >= 0.6 is 27.3 Å². The second-order valence-electron chi connectivity index (χ2n) is 3.73. The molecule has 3 rings (SSSR count). The van der Waals surface area contributed by atoms with Gasteiger partial charge in [0.2, 0.25) is 4.96 Å². The lowest BCUT2D eigenvalue weighted by Crippen LogP contribution is -1.91. The molecule has 74 valence electrons. The van der Waals surface area contributed by atoms with Gasteiger partial charge in [0.1, 0.15) is 0 Å². The van der Waals surface area contributed by atoms with Crippen LogP contribution in [0.2, 0.25) is 0 Å². The highest BCUT2D eigenvalue weighted by molar-refractivity contribution is 9.11. The third kappa shape index (κ3) is 1.39. The second-order valence-corrected chi connectivity index (χ2v) is 5.96. The van der Waals surface area contributed by atoms with Crippen molar-refractivity contribution in [3.8, 4) is 0 Å². The molecule has 3 nitrogen and oxygen atoms in total. The predicted octanol–water partition coefficient (Wildman–Crippen LogP) is 3.21. The molecule has 0 atom stereocenters. The number of hydrogen-bond acceptors (Lipinski definition) is 3. The Kier molecular flexibility index (Phi) is 2.09. The van der Waals surface area contributed by atoms with E-state index in [2.05, 4.69) is 32.2 Å². The minimum atomic E-state index is 0.683. The summed E-state index contributed by atoms with van der Waals surface area (Å²) >= 11 is 4.95. The number of aromatic nitrogens is 3. The zero-order chi connectivity index (χ0) is 9.54. The lowest BCUT2D eigenvalue weighted by molar-refractivity contribution is 0.702. The Hall–Kier alpha value is -0.420. The van der Waals surface area contributed by atoms with Crippen LogP contribution in [0.1, 0.15) is 37.3 Å². The van der Waals surface area contributed by atoms with E-state index in [0.29, 0.717) is 5.92 Å². The van der Waals surface area contributed by atoms with E-state index in [-0.39, 0.29) is 0 Å². The van der Waals surface area contributed by atoms with E-state index >= 15 is 0 Å². The van der Waals surface area contributed by atoms with Crippen LogP contribution in [0, 0.1) is 0 Å². The molecule has 0 aliphatic heterocycles. The number of fused-ring (bicyclic) bond motifs is 1. The molecule has 5 heteroatoms. The highest BCUT2D eigenvalue weighted by atomic mass is 79.9. The van der Waals surface area contributed by atoms with Gasteiger partial charge in [0, 0.05) is 5.92 Å². The van der Waals surface area contributed by atoms with Gasteiger partial charge in [-0.2, -0.15) is 0 Å². The predicted molar refractivity (Wildman–Crippen MR) is 59.8 cm³/mol. The maximum absolute atomic E-state index is 4.60. The smallest absolute Gasteiger partial charge is 0.213 e. The Labute approximate surface area is 94.3 Å². The van der Waals surface area contributed by atoms with Crippen molar-refractivity contribution >= 4 is 32.2 Å². The van der Waals surface area contributed by atoms with Crippen LogP contribution in [0.3, 0.4) is 0 Å². The third-order valence-corrected chi connectivity index (χ3v) is 4.17. The lowest BCUT2D eigenvalue weighted by atomic mass is 10.1. The molecule has 2 aromatic rings. The molecule has 1 aliphatic rings. The molecule has 14 heavy (non-hydrogen) atoms. The highest BCUT2D eigenvalue weighted by Gasteiger charge is 2.20. The molecule has 2 heterocycles. The Morgan fingerprint density at radius 1 is 1.43 bits per heavy atom. The summed E-state index contributed by atoms with van der Waals surface area (Å²) < 4.78 is 2.78. The summed E-state index contributed by atoms with van der Waals surface area (Å²) in [5.74, 6) is 0.683. The molecule has 0 saturated heterocycles. The van der Waals surface area contributed by atoms with E-state index in [1.807, 2.05) is 4.52 Å². The van der Waals surface area contributed by atoms with Crippen LogP contribution in [0.4, 0.5) is 0 Å². The van der Waals surface area contributed by atoms with Crippen molar-refractivity contribution in [3.05, 3.63) is 15.8 Å². The summed E-state index contributed by atoms with van der Waals surface area (Å²) in [5.41, 5.74) is 1.23. The lowest BCUT2D eigenvalue weighted by Gasteiger charge is -2.01. The zero-order valence-electron chi connectivity index (χ0n) is 7.61. The molecule has 0 unspecified atom stereocenters. The van der Waals surface area contributed by atoms with Crippen LogP contribution < -0.4 is 0 Å². The van der Waals surface area contributed by atoms with E-state index in [9.17, 15) is 0 Å². The average Bonchev–Trinajstić information content (AvgIpc) is 2.74. The summed E-state index contributed by atoms with van der Waals surface area (Å²) in [6.45, 7) is 0. The zero-order valence-corrected chi connectivity index (χ0v) is 10.0. The number of nitrogens with zero attached hydrogens (tertiary/aromatic N) is 3. The fourth-order valence-corrected chi connectivity index (χ4v) is 3.33. The first-order chi connectivity index (χ1) is 6.83. The van der Waals surface area contributed by atoms with E-state index in [1.165, 1.54) is 31.4 Å². The van der Waals surface area contributed by atoms with Crippen molar-refractivity contribution in [1.82, 2.24) is 14.6 Å². The molecule has 0 radical (unpaired) electrons. The molecule has 1 saturated carbocycles. The quantitative estimate of drug-likeness (QED) is 0.798. The van der Waals surface area contributed by atoms with Crippen molar-refractivity contribution in [2.75, 3.05) is 0 Å². The maximum Gasteiger partial charge on any atom is 0.213 e. The molecular formula is C9H10BrN3S. The first-order valence-electron chi connectivity index (χ1n) is 4.84. The van der Waals surface area contributed by atoms with Crippen LogP contribution in [0.25, 0.3) is 4.96 Å². The highest BCUT2D eigenvalue weighted by Crippen LogP contribution is 2.34. The summed E-state index contributed by atoms with van der Waals surface area (Å²) in [5, 5.41) is 4.29. The van der Waals surface area contributed by atoms with Crippen LogP contribution in [-0.4, -0.2) is 14.6 Å². The van der Waals surface area contributed by atoms with Gasteiger partial charge >= 0.3 is 0 Å². The van der Waals surface area contributed by atoms with Crippen molar-refractivity contribution < 1.29 is 0 Å². The van der Waals surface area contributed by atoms with E-state index in [4.69, 9.17) is 0 Å². The Bertz CT molecular complexity index is 424. The molecular weight excluding hydrogens is 262 g/mol. The summed E-state index contributed by atoms with van der Waals surface area (Å²) in [6, 6.07) is 0. The summed E-state index contributed by atoms with van der Waals surface area (Å²) in [6.07, 6.45) is 7.38. The summed E-state index contributed by atoms with van der Waals surface area (Å²) in [7, 11) is 0. The molecule has 0 N–H and O–H groups in total. The molecule has 0 spiro atoms. The average molecular weight is 272 g/mol. The fourth-order valence-electron chi connectivity index (χ4n) is 2.11. The normalized spacial score (nSPS) is 18.4. The van der Waals surface area contributed by atoms with Gasteiger partial charge in [-0.05, 0) is 28.8 Å². The van der Waals surface area contributed by atoms with Gasteiger partial charge in [0.15, 0.2) is 3.92 Å². The van der Waals surface area contributed by atoms with Gasteiger partial charge in [0.25, 0.3) is 0 Å². The van der Waals surface area contributed by atoms with Gasteiger partial charge in [-0.3, -0.25) is 0 Å². The molecule has 1 fully saturated rings. The van der Waals surface area contributed by atoms with E-state index in [1.54, 1.807) is 11.3 Å². The van der Waals surface area contributed by atoms with E-state index in [0.717, 1.165) is 8.88 Å². The standard InChI is InChI=1S/C9H10BrN3S/c10-8-12-13-5-7(11-9(13)14-8)6-3-1-2-4-6/h5-6H,1-4H2. The number of imidazole rings is 1. The first-order valence-corrected chi connectivity index (χ1v) is 6.45. The van der Waals surface area contributed by atoms with Crippen LogP contribution in [-0.2, 0) is 0 Å². The molecule has 2 aromatic heterocycles. The third-order valence-electron chi connectivity index (χ3n) is 2.81. The minimum Gasteiger partial charge on any atom is -0.222 e. The molecule has 0 aromatic carbocycles.